The summed E-state index contributed by atoms with van der Waals surface area (Å²) in [4.78, 5) is 0. The summed E-state index contributed by atoms with van der Waals surface area (Å²) in [5, 5.41) is 0.00205. The fourth-order valence-electron chi connectivity index (χ4n) is 1.66. The highest BCUT2D eigenvalue weighted by atomic mass is 35.5. The Kier molecular flexibility index (Phi) is 3.99. The molecule has 0 saturated heterocycles. The van der Waals surface area contributed by atoms with E-state index in [0.717, 1.165) is 0 Å². The third-order valence-electron chi connectivity index (χ3n) is 2.45. The second kappa shape index (κ2) is 5.50. The van der Waals surface area contributed by atoms with Crippen molar-refractivity contribution in [1.29, 1.82) is 0 Å². The van der Waals surface area contributed by atoms with Gasteiger partial charge in [-0.2, -0.15) is 0 Å². The highest BCUT2D eigenvalue weighted by molar-refractivity contribution is 7.71. The monoisotopic (exact) mass is 283 g/mol. The minimum Gasteiger partial charge on any atom is -0.232 e. The van der Waals surface area contributed by atoms with Gasteiger partial charge in [-0.15, -0.1) is 0 Å². The molecule has 1 radical (unpaired) electrons. The molecule has 0 bridgehead atoms. The standard InChI is InChI=1S/C13H9ClFO2S/c14-12-7-9(5-6-13(12)15)11-4-2-1-3-10(11)8-18(16)17/h1-3,5-7,18H,8H2. The molecule has 0 saturated carbocycles. The lowest BCUT2D eigenvalue weighted by atomic mass is 10.0. The Bertz CT molecular complexity index is 645. The molecule has 0 N–H and O–H groups in total. The van der Waals surface area contributed by atoms with Crippen molar-refractivity contribution in [2.75, 3.05) is 0 Å². The van der Waals surface area contributed by atoms with Gasteiger partial charge in [-0.05, 0) is 34.9 Å². The van der Waals surface area contributed by atoms with Crippen LogP contribution in [0.4, 0.5) is 4.39 Å². The Hall–Kier alpha value is -1.39. The number of rotatable bonds is 3. The summed E-state index contributed by atoms with van der Waals surface area (Å²) in [5.41, 5.74) is 1.89. The molecule has 0 spiro atoms. The molecule has 2 aromatic carbocycles. The topological polar surface area (TPSA) is 34.1 Å². The van der Waals surface area contributed by atoms with E-state index in [4.69, 9.17) is 11.6 Å². The molecular weight excluding hydrogens is 275 g/mol. The summed E-state index contributed by atoms with van der Waals surface area (Å²) in [6, 6.07) is 12.3. The van der Waals surface area contributed by atoms with E-state index >= 15 is 0 Å². The summed E-state index contributed by atoms with van der Waals surface area (Å²) >= 11 is 5.71. The molecule has 0 aromatic heterocycles. The van der Waals surface area contributed by atoms with Gasteiger partial charge in [0.25, 0.3) is 0 Å². The number of halogens is 2. The van der Waals surface area contributed by atoms with Gasteiger partial charge in [0, 0.05) is 0 Å². The molecule has 93 valence electrons. The predicted molar refractivity (Wildman–Crippen MR) is 69.7 cm³/mol. The van der Waals surface area contributed by atoms with Crippen LogP contribution in [0.15, 0.2) is 36.4 Å². The van der Waals surface area contributed by atoms with Gasteiger partial charge in [0.05, 0.1) is 10.8 Å². The molecule has 0 aliphatic carbocycles. The Morgan fingerprint density at radius 3 is 2.72 bits per heavy atom. The molecular formula is C13H9ClFO2S. The SMILES string of the molecule is O=[SH](=O)Cc1ccc[c]c1-c1ccc(F)c(Cl)c1. The fraction of sp³-hybridized carbons (Fsp3) is 0.0769. The normalized spacial score (nSPS) is 10.8. The van der Waals surface area contributed by atoms with Crippen LogP contribution in [0, 0.1) is 11.9 Å². The van der Waals surface area contributed by atoms with Gasteiger partial charge in [0.1, 0.15) is 16.5 Å². The summed E-state index contributed by atoms with van der Waals surface area (Å²) in [6.07, 6.45) is 0. The third-order valence-corrected chi connectivity index (χ3v) is 3.34. The number of benzene rings is 2. The van der Waals surface area contributed by atoms with Gasteiger partial charge < -0.3 is 0 Å². The maximum Gasteiger partial charge on any atom is 0.144 e. The van der Waals surface area contributed by atoms with Gasteiger partial charge in [0.2, 0.25) is 0 Å². The molecule has 2 nitrogen and oxygen atoms in total. The smallest absolute Gasteiger partial charge is 0.144 e. The maximum atomic E-state index is 13.1. The van der Waals surface area contributed by atoms with Crippen molar-refractivity contribution in [2.24, 2.45) is 0 Å². The summed E-state index contributed by atoms with van der Waals surface area (Å²) in [6.45, 7) is 0. The van der Waals surface area contributed by atoms with Crippen molar-refractivity contribution in [1.82, 2.24) is 0 Å². The Morgan fingerprint density at radius 2 is 2.06 bits per heavy atom. The molecule has 0 aliphatic heterocycles. The van der Waals surface area contributed by atoms with Crippen LogP contribution < -0.4 is 0 Å². The zero-order chi connectivity index (χ0) is 13.1. The molecule has 5 heteroatoms. The largest absolute Gasteiger partial charge is 0.232 e. The van der Waals surface area contributed by atoms with Crippen molar-refractivity contribution in [2.45, 2.75) is 5.75 Å². The summed E-state index contributed by atoms with van der Waals surface area (Å²) < 4.78 is 34.7. The van der Waals surface area contributed by atoms with Crippen molar-refractivity contribution >= 4 is 22.3 Å². The van der Waals surface area contributed by atoms with E-state index in [1.807, 2.05) is 0 Å². The molecule has 2 rings (SSSR count). The van der Waals surface area contributed by atoms with E-state index in [2.05, 4.69) is 6.07 Å². The summed E-state index contributed by atoms with van der Waals surface area (Å²) in [5.74, 6) is -0.579. The van der Waals surface area contributed by atoms with Crippen LogP contribution in [0.25, 0.3) is 11.1 Å². The first-order valence-electron chi connectivity index (χ1n) is 5.14. The minimum absolute atomic E-state index is 0.00205. The predicted octanol–water partition coefficient (Wildman–Crippen LogP) is 3.06. The Morgan fingerprint density at radius 1 is 1.28 bits per heavy atom. The fourth-order valence-corrected chi connectivity index (χ4v) is 2.39. The van der Waals surface area contributed by atoms with Crippen molar-refractivity contribution in [3.63, 3.8) is 0 Å². The molecule has 0 atom stereocenters. The molecule has 0 fully saturated rings. The maximum absolute atomic E-state index is 13.1. The average molecular weight is 284 g/mol. The van der Waals surface area contributed by atoms with E-state index < -0.39 is 16.5 Å². The first-order chi connectivity index (χ1) is 8.58. The lowest BCUT2D eigenvalue weighted by molar-refractivity contribution is 0.614. The zero-order valence-corrected chi connectivity index (χ0v) is 10.8. The Balaban J connectivity index is 2.52. The lowest BCUT2D eigenvalue weighted by Gasteiger charge is -2.07. The van der Waals surface area contributed by atoms with Gasteiger partial charge in [-0.3, -0.25) is 0 Å². The third kappa shape index (κ3) is 2.89. The van der Waals surface area contributed by atoms with Gasteiger partial charge in [-0.25, -0.2) is 12.8 Å². The van der Waals surface area contributed by atoms with Crippen molar-refractivity contribution < 1.29 is 12.8 Å². The first kappa shape index (κ1) is 13.1. The van der Waals surface area contributed by atoms with E-state index in [1.165, 1.54) is 12.1 Å². The molecule has 2 aromatic rings. The molecule has 0 unspecified atom stereocenters. The summed E-state index contributed by atoms with van der Waals surface area (Å²) in [7, 11) is -2.52. The zero-order valence-electron chi connectivity index (χ0n) is 9.19. The van der Waals surface area contributed by atoms with Gasteiger partial charge >= 0.3 is 0 Å². The van der Waals surface area contributed by atoms with Crippen molar-refractivity contribution in [3.8, 4) is 11.1 Å². The second-order valence-electron chi connectivity index (χ2n) is 3.69. The number of hydrogen-bond acceptors (Lipinski definition) is 2. The molecule has 0 amide bonds. The van der Waals surface area contributed by atoms with Crippen LogP contribution in [0.1, 0.15) is 5.56 Å². The Labute approximate surface area is 111 Å². The van der Waals surface area contributed by atoms with E-state index in [-0.39, 0.29) is 10.8 Å². The quantitative estimate of drug-likeness (QED) is 0.879. The first-order valence-corrected chi connectivity index (χ1v) is 6.89. The second-order valence-corrected chi connectivity index (χ2v) is 5.08. The van der Waals surface area contributed by atoms with Gasteiger partial charge in [-0.1, -0.05) is 35.9 Å². The van der Waals surface area contributed by atoms with E-state index in [9.17, 15) is 12.8 Å². The number of hydrogen-bond donors (Lipinski definition) is 1. The van der Waals surface area contributed by atoms with Crippen LogP contribution in [0.2, 0.25) is 5.02 Å². The molecule has 0 aliphatic rings. The average Bonchev–Trinajstić information content (AvgIpc) is 2.33. The number of thiol groups is 1. The highest BCUT2D eigenvalue weighted by Crippen LogP contribution is 2.27. The van der Waals surface area contributed by atoms with Crippen LogP contribution in [0.3, 0.4) is 0 Å². The van der Waals surface area contributed by atoms with Crippen LogP contribution in [-0.2, 0) is 16.5 Å². The molecule has 0 heterocycles. The van der Waals surface area contributed by atoms with Crippen molar-refractivity contribution in [3.05, 3.63) is 58.9 Å². The van der Waals surface area contributed by atoms with Crippen LogP contribution in [-0.4, -0.2) is 8.42 Å². The van der Waals surface area contributed by atoms with Crippen LogP contribution >= 0.6 is 11.6 Å². The lowest BCUT2D eigenvalue weighted by Crippen LogP contribution is -1.92. The van der Waals surface area contributed by atoms with E-state index in [1.54, 1.807) is 24.3 Å². The van der Waals surface area contributed by atoms with Crippen LogP contribution in [0.5, 0.6) is 0 Å². The van der Waals surface area contributed by atoms with Gasteiger partial charge in [0.15, 0.2) is 0 Å². The highest BCUT2D eigenvalue weighted by Gasteiger charge is 2.08. The van der Waals surface area contributed by atoms with E-state index in [0.29, 0.717) is 16.7 Å². The molecule has 18 heavy (non-hydrogen) atoms. The minimum atomic E-state index is -2.52.